The molecule has 21 heavy (non-hydrogen) atoms. The lowest BCUT2D eigenvalue weighted by molar-refractivity contribution is 0.363. The van der Waals surface area contributed by atoms with Crippen molar-refractivity contribution in [1.29, 1.82) is 0 Å². The van der Waals surface area contributed by atoms with E-state index in [1.165, 1.54) is 47.1 Å². The Morgan fingerprint density at radius 3 is 2.33 bits per heavy atom. The Kier molecular flexibility index (Phi) is 3.65. The van der Waals surface area contributed by atoms with Gasteiger partial charge in [0.05, 0.1) is 0 Å². The molecule has 0 spiro atoms. The number of hydrogen-bond donors (Lipinski definition) is 0. The van der Waals surface area contributed by atoms with E-state index in [0.29, 0.717) is 5.92 Å². The maximum Gasteiger partial charge on any atom is 0.0150 e. The molecule has 0 nitrogen and oxygen atoms in total. The van der Waals surface area contributed by atoms with Crippen LogP contribution in [0, 0.1) is 5.41 Å². The van der Waals surface area contributed by atoms with Crippen LogP contribution in [-0.2, 0) is 6.42 Å². The van der Waals surface area contributed by atoms with Crippen LogP contribution in [0.25, 0.3) is 11.1 Å². The first-order valence-corrected chi connectivity index (χ1v) is 8.24. The van der Waals surface area contributed by atoms with Crippen LogP contribution in [0.3, 0.4) is 0 Å². The number of unbranched alkanes of at least 4 members (excludes halogenated alkanes) is 1. The van der Waals surface area contributed by atoms with E-state index < -0.39 is 0 Å². The van der Waals surface area contributed by atoms with Gasteiger partial charge in [0.25, 0.3) is 0 Å². The number of benzene rings is 2. The van der Waals surface area contributed by atoms with E-state index in [4.69, 9.17) is 0 Å². The van der Waals surface area contributed by atoms with E-state index in [1.807, 2.05) is 0 Å². The highest BCUT2D eigenvalue weighted by Gasteiger charge is 2.36. The van der Waals surface area contributed by atoms with Crippen molar-refractivity contribution in [2.24, 2.45) is 5.41 Å². The molecule has 0 heteroatoms. The van der Waals surface area contributed by atoms with E-state index in [-0.39, 0.29) is 5.41 Å². The van der Waals surface area contributed by atoms with Crippen molar-refractivity contribution in [2.45, 2.75) is 52.9 Å². The highest BCUT2D eigenvalue weighted by Crippen LogP contribution is 2.52. The van der Waals surface area contributed by atoms with E-state index in [1.54, 1.807) is 0 Å². The first kappa shape index (κ1) is 14.4. The number of fused-ring (bicyclic) bond motifs is 3. The van der Waals surface area contributed by atoms with Crippen molar-refractivity contribution in [3.8, 4) is 11.1 Å². The first-order chi connectivity index (χ1) is 10.0. The molecule has 0 N–H and O–H groups in total. The molecule has 1 aliphatic carbocycles. The van der Waals surface area contributed by atoms with Gasteiger partial charge in [-0.2, -0.15) is 0 Å². The van der Waals surface area contributed by atoms with Crippen molar-refractivity contribution in [3.63, 3.8) is 0 Å². The van der Waals surface area contributed by atoms with Crippen LogP contribution in [0.1, 0.15) is 63.1 Å². The predicted molar refractivity (Wildman–Crippen MR) is 91.8 cm³/mol. The summed E-state index contributed by atoms with van der Waals surface area (Å²) < 4.78 is 0. The lowest BCUT2D eigenvalue weighted by Gasteiger charge is -2.29. The van der Waals surface area contributed by atoms with Gasteiger partial charge in [-0.15, -0.1) is 0 Å². The summed E-state index contributed by atoms with van der Waals surface area (Å²) in [5.41, 5.74) is 7.69. The van der Waals surface area contributed by atoms with Gasteiger partial charge in [0.1, 0.15) is 0 Å². The molecule has 0 bridgehead atoms. The molecule has 1 atom stereocenters. The molecule has 0 fully saturated rings. The van der Waals surface area contributed by atoms with E-state index >= 15 is 0 Å². The molecule has 2 aromatic rings. The minimum Gasteiger partial charge on any atom is -0.0654 e. The summed E-state index contributed by atoms with van der Waals surface area (Å²) >= 11 is 0. The zero-order chi connectivity index (χ0) is 15.0. The van der Waals surface area contributed by atoms with Crippen molar-refractivity contribution in [1.82, 2.24) is 0 Å². The Morgan fingerprint density at radius 2 is 1.62 bits per heavy atom. The Labute approximate surface area is 129 Å². The van der Waals surface area contributed by atoms with Gasteiger partial charge in [0.15, 0.2) is 0 Å². The first-order valence-electron chi connectivity index (χ1n) is 8.24. The third-order valence-electron chi connectivity index (χ3n) is 4.67. The number of rotatable bonds is 3. The lowest BCUT2D eigenvalue weighted by atomic mass is 9.75. The number of hydrogen-bond acceptors (Lipinski definition) is 0. The molecule has 0 heterocycles. The fourth-order valence-corrected chi connectivity index (χ4v) is 3.73. The van der Waals surface area contributed by atoms with Crippen LogP contribution in [-0.4, -0.2) is 0 Å². The normalized spacial score (nSPS) is 16.7. The van der Waals surface area contributed by atoms with Crippen molar-refractivity contribution < 1.29 is 0 Å². The smallest absolute Gasteiger partial charge is 0.0150 e. The zero-order valence-electron chi connectivity index (χ0n) is 13.7. The molecule has 2 aromatic carbocycles. The minimum absolute atomic E-state index is 0.255. The molecule has 0 radical (unpaired) electrons. The second-order valence-corrected chi connectivity index (χ2v) is 7.41. The van der Waals surface area contributed by atoms with Gasteiger partial charge in [-0.3, -0.25) is 0 Å². The largest absolute Gasteiger partial charge is 0.0654 e. The van der Waals surface area contributed by atoms with E-state index in [0.717, 1.165) is 0 Å². The molecule has 0 saturated heterocycles. The van der Waals surface area contributed by atoms with E-state index in [2.05, 4.69) is 70.2 Å². The third kappa shape index (κ3) is 2.52. The summed E-state index contributed by atoms with van der Waals surface area (Å²) in [7, 11) is 0. The third-order valence-corrected chi connectivity index (χ3v) is 4.67. The average molecular weight is 278 g/mol. The molecular formula is C21H26. The summed E-state index contributed by atoms with van der Waals surface area (Å²) in [4.78, 5) is 0. The molecule has 1 aliphatic rings. The second kappa shape index (κ2) is 5.33. The Balaban J connectivity index is 2.12. The highest BCUT2D eigenvalue weighted by atomic mass is 14.4. The van der Waals surface area contributed by atoms with Crippen LogP contribution in [0.4, 0.5) is 0 Å². The second-order valence-electron chi connectivity index (χ2n) is 7.41. The average Bonchev–Trinajstić information content (AvgIpc) is 2.78. The molecule has 0 saturated carbocycles. The summed E-state index contributed by atoms with van der Waals surface area (Å²) in [5, 5.41) is 0. The molecule has 110 valence electrons. The molecule has 0 aliphatic heterocycles. The molecule has 0 amide bonds. The topological polar surface area (TPSA) is 0 Å². The van der Waals surface area contributed by atoms with Crippen molar-refractivity contribution in [2.75, 3.05) is 0 Å². The fraction of sp³-hybridized carbons (Fsp3) is 0.429. The maximum absolute atomic E-state index is 2.47. The lowest BCUT2D eigenvalue weighted by Crippen LogP contribution is -2.17. The monoisotopic (exact) mass is 278 g/mol. The Morgan fingerprint density at radius 1 is 0.905 bits per heavy atom. The van der Waals surface area contributed by atoms with Gasteiger partial charge < -0.3 is 0 Å². The number of aryl methyl sites for hydroxylation is 1. The highest BCUT2D eigenvalue weighted by molar-refractivity contribution is 5.79. The van der Waals surface area contributed by atoms with Gasteiger partial charge in [-0.05, 0) is 46.1 Å². The van der Waals surface area contributed by atoms with Crippen molar-refractivity contribution >= 4 is 0 Å². The van der Waals surface area contributed by atoms with E-state index in [9.17, 15) is 0 Å². The summed E-state index contributed by atoms with van der Waals surface area (Å²) in [6.07, 6.45) is 3.75. The predicted octanol–water partition coefficient (Wildman–Crippen LogP) is 6.19. The zero-order valence-corrected chi connectivity index (χ0v) is 13.7. The molecular weight excluding hydrogens is 252 g/mol. The van der Waals surface area contributed by atoms with Crippen LogP contribution in [0.2, 0.25) is 0 Å². The summed E-state index contributed by atoms with van der Waals surface area (Å²) in [5.74, 6) is 0.519. The van der Waals surface area contributed by atoms with Gasteiger partial charge >= 0.3 is 0 Å². The maximum atomic E-state index is 2.47. The molecule has 0 aromatic heterocycles. The quantitative estimate of drug-likeness (QED) is 0.628. The molecule has 1 unspecified atom stereocenters. The van der Waals surface area contributed by atoms with Crippen LogP contribution < -0.4 is 0 Å². The Bertz CT molecular complexity index is 643. The van der Waals surface area contributed by atoms with Gasteiger partial charge in [-0.1, -0.05) is 76.6 Å². The van der Waals surface area contributed by atoms with Gasteiger partial charge in [-0.25, -0.2) is 0 Å². The standard InChI is InChI=1S/C21H26/c1-5-6-9-15-12-13-17-16-10-7-8-11-18(16)20(19(17)14-15)21(2,3)4/h7-8,10-14,20H,5-6,9H2,1-4H3. The van der Waals surface area contributed by atoms with Crippen molar-refractivity contribution in [3.05, 3.63) is 59.2 Å². The minimum atomic E-state index is 0.255. The Hall–Kier alpha value is -1.56. The summed E-state index contributed by atoms with van der Waals surface area (Å²) in [6.45, 7) is 9.36. The SMILES string of the molecule is CCCCc1ccc2c(c1)C(C(C)(C)C)c1ccccc1-2. The fourth-order valence-electron chi connectivity index (χ4n) is 3.73. The van der Waals surface area contributed by atoms with Crippen LogP contribution in [0.15, 0.2) is 42.5 Å². The molecule has 3 rings (SSSR count). The summed E-state index contributed by atoms with van der Waals surface area (Å²) in [6, 6.07) is 16.1. The van der Waals surface area contributed by atoms with Gasteiger partial charge in [0, 0.05) is 5.92 Å². The van der Waals surface area contributed by atoms with Crippen LogP contribution >= 0.6 is 0 Å². The van der Waals surface area contributed by atoms with Gasteiger partial charge in [0.2, 0.25) is 0 Å². The van der Waals surface area contributed by atoms with Crippen LogP contribution in [0.5, 0.6) is 0 Å².